The molecule has 0 aliphatic carbocycles. The fraction of sp³-hybridized carbons (Fsp3) is 0.273. The molecule has 74 valence electrons. The third-order valence-corrected chi connectivity index (χ3v) is 4.88. The van der Waals surface area contributed by atoms with E-state index in [9.17, 15) is 4.57 Å². The predicted octanol–water partition coefficient (Wildman–Crippen LogP) is 2.92. The minimum atomic E-state index is -2.68. The molecule has 0 saturated carbocycles. The number of fused-ring (bicyclic) bond motifs is 1. The zero-order chi connectivity index (χ0) is 10.3. The summed E-state index contributed by atoms with van der Waals surface area (Å²) in [7, 11) is -1.18. The summed E-state index contributed by atoms with van der Waals surface area (Å²) in [5.41, 5.74) is 3.30. The molecule has 1 unspecified atom stereocenters. The highest BCUT2D eigenvalue weighted by Gasteiger charge is 2.31. The first-order valence-electron chi connectivity index (χ1n) is 4.53. The Hall–Kier alpha value is -0.850. The van der Waals surface area contributed by atoms with Crippen molar-refractivity contribution < 1.29 is 9.09 Å². The Bertz CT molecular complexity index is 460. The van der Waals surface area contributed by atoms with E-state index >= 15 is 0 Å². The molecule has 1 aliphatic rings. The fourth-order valence-corrected chi connectivity index (χ4v) is 3.73. The van der Waals surface area contributed by atoms with Crippen LogP contribution in [0.2, 0.25) is 0 Å². The summed E-state index contributed by atoms with van der Waals surface area (Å²) in [5, 5.41) is 0.836. The summed E-state index contributed by atoms with van der Waals surface area (Å²) in [6, 6.07) is 5.93. The van der Waals surface area contributed by atoms with Gasteiger partial charge >= 0.3 is 0 Å². The highest BCUT2D eigenvalue weighted by Crippen LogP contribution is 2.54. The maximum absolute atomic E-state index is 12.2. The van der Waals surface area contributed by atoms with Crippen molar-refractivity contribution in [2.45, 2.75) is 13.8 Å². The van der Waals surface area contributed by atoms with Crippen LogP contribution >= 0.6 is 7.37 Å². The standard InChI is InChI=1S/C11H13O2P/c1-8-4-5-11-10(6-8)9(2)7-14(11,12)13-3/h4-7H,1-3H3. The molecule has 1 aliphatic heterocycles. The van der Waals surface area contributed by atoms with Crippen LogP contribution in [0.1, 0.15) is 18.1 Å². The van der Waals surface area contributed by atoms with Gasteiger partial charge in [-0.2, -0.15) is 0 Å². The molecule has 1 atom stereocenters. The molecule has 0 radical (unpaired) electrons. The first-order chi connectivity index (χ1) is 6.57. The predicted molar refractivity (Wildman–Crippen MR) is 59.1 cm³/mol. The van der Waals surface area contributed by atoms with Crippen LogP contribution in [0.3, 0.4) is 0 Å². The van der Waals surface area contributed by atoms with Crippen LogP contribution in [0, 0.1) is 6.92 Å². The molecular weight excluding hydrogens is 195 g/mol. The highest BCUT2D eigenvalue weighted by molar-refractivity contribution is 7.71. The molecule has 1 aromatic rings. The first kappa shape index (κ1) is 9.70. The molecule has 1 heterocycles. The molecule has 0 N–H and O–H groups in total. The Morgan fingerprint density at radius 3 is 2.64 bits per heavy atom. The SMILES string of the molecule is COP1(=O)C=C(C)c2cc(C)ccc21. The largest absolute Gasteiger partial charge is 0.326 e. The van der Waals surface area contributed by atoms with E-state index in [2.05, 4.69) is 6.07 Å². The van der Waals surface area contributed by atoms with Crippen LogP contribution in [0.4, 0.5) is 0 Å². The van der Waals surface area contributed by atoms with Crippen LogP contribution in [0.5, 0.6) is 0 Å². The average molecular weight is 208 g/mol. The van der Waals surface area contributed by atoms with Gasteiger partial charge in [-0.3, -0.25) is 4.57 Å². The number of aryl methyl sites for hydroxylation is 1. The van der Waals surface area contributed by atoms with Gasteiger partial charge in [-0.25, -0.2) is 0 Å². The second-order valence-electron chi connectivity index (χ2n) is 3.61. The highest BCUT2D eigenvalue weighted by atomic mass is 31.2. The maximum atomic E-state index is 12.2. The normalized spacial score (nSPS) is 24.6. The van der Waals surface area contributed by atoms with Gasteiger partial charge in [0.15, 0.2) is 0 Å². The lowest BCUT2D eigenvalue weighted by Crippen LogP contribution is -2.05. The van der Waals surface area contributed by atoms with Gasteiger partial charge < -0.3 is 4.52 Å². The maximum Gasteiger partial charge on any atom is 0.254 e. The van der Waals surface area contributed by atoms with Gasteiger partial charge in [0, 0.05) is 18.2 Å². The lowest BCUT2D eigenvalue weighted by molar-refractivity contribution is 0.412. The van der Waals surface area contributed by atoms with E-state index in [-0.39, 0.29) is 0 Å². The van der Waals surface area contributed by atoms with Gasteiger partial charge in [0.25, 0.3) is 7.37 Å². The third-order valence-electron chi connectivity index (χ3n) is 2.55. The van der Waals surface area contributed by atoms with Crippen LogP contribution < -0.4 is 5.30 Å². The molecule has 1 aromatic carbocycles. The van der Waals surface area contributed by atoms with Crippen molar-refractivity contribution in [3.63, 3.8) is 0 Å². The average Bonchev–Trinajstić information content (AvgIpc) is 2.40. The quantitative estimate of drug-likeness (QED) is 0.663. The Labute approximate surface area is 84.1 Å². The Morgan fingerprint density at radius 2 is 2.00 bits per heavy atom. The Kier molecular flexibility index (Phi) is 2.13. The Balaban J connectivity index is 2.69. The number of rotatable bonds is 1. The van der Waals surface area contributed by atoms with Crippen molar-refractivity contribution in [3.8, 4) is 0 Å². The van der Waals surface area contributed by atoms with Crippen molar-refractivity contribution in [2.75, 3.05) is 7.11 Å². The van der Waals surface area contributed by atoms with Gasteiger partial charge in [0.1, 0.15) is 0 Å². The molecule has 0 amide bonds. The summed E-state index contributed by atoms with van der Waals surface area (Å²) in [4.78, 5) is 0. The summed E-state index contributed by atoms with van der Waals surface area (Å²) in [6.07, 6.45) is 0. The lowest BCUT2D eigenvalue weighted by atomic mass is 10.1. The topological polar surface area (TPSA) is 26.3 Å². The minimum Gasteiger partial charge on any atom is -0.326 e. The van der Waals surface area contributed by atoms with Crippen LogP contribution in [-0.2, 0) is 9.09 Å². The molecular formula is C11H13O2P. The van der Waals surface area contributed by atoms with E-state index in [4.69, 9.17) is 4.52 Å². The van der Waals surface area contributed by atoms with Crippen molar-refractivity contribution in [1.82, 2.24) is 0 Å². The van der Waals surface area contributed by atoms with Crippen molar-refractivity contribution in [1.29, 1.82) is 0 Å². The molecule has 0 spiro atoms. The summed E-state index contributed by atoms with van der Waals surface area (Å²) in [5.74, 6) is 1.75. The van der Waals surface area contributed by atoms with Crippen LogP contribution in [0.25, 0.3) is 5.57 Å². The molecule has 2 rings (SSSR count). The van der Waals surface area contributed by atoms with Crippen molar-refractivity contribution >= 4 is 18.2 Å². The molecule has 0 saturated heterocycles. The van der Waals surface area contributed by atoms with Crippen molar-refractivity contribution in [2.24, 2.45) is 0 Å². The number of hydrogen-bond donors (Lipinski definition) is 0. The summed E-state index contributed by atoms with van der Waals surface area (Å²) >= 11 is 0. The molecule has 3 heteroatoms. The monoisotopic (exact) mass is 208 g/mol. The summed E-state index contributed by atoms with van der Waals surface area (Å²) in [6.45, 7) is 4.00. The van der Waals surface area contributed by atoms with E-state index in [1.807, 2.05) is 26.0 Å². The van der Waals surface area contributed by atoms with E-state index in [1.165, 1.54) is 12.7 Å². The zero-order valence-electron chi connectivity index (χ0n) is 8.57. The van der Waals surface area contributed by atoms with E-state index in [1.54, 1.807) is 5.82 Å². The van der Waals surface area contributed by atoms with Crippen LogP contribution in [-0.4, -0.2) is 7.11 Å². The molecule has 0 aromatic heterocycles. The molecule has 0 fully saturated rings. The smallest absolute Gasteiger partial charge is 0.254 e. The summed E-state index contributed by atoms with van der Waals surface area (Å²) < 4.78 is 17.3. The lowest BCUT2D eigenvalue weighted by Gasteiger charge is -2.09. The molecule has 2 nitrogen and oxygen atoms in total. The van der Waals surface area contributed by atoms with Gasteiger partial charge in [-0.1, -0.05) is 17.7 Å². The van der Waals surface area contributed by atoms with Gasteiger partial charge in [-0.15, -0.1) is 0 Å². The second kappa shape index (κ2) is 3.08. The van der Waals surface area contributed by atoms with E-state index < -0.39 is 7.37 Å². The number of allylic oxidation sites excluding steroid dienone is 1. The van der Waals surface area contributed by atoms with Crippen LogP contribution in [0.15, 0.2) is 24.0 Å². The van der Waals surface area contributed by atoms with Gasteiger partial charge in [0.2, 0.25) is 0 Å². The van der Waals surface area contributed by atoms with E-state index in [0.29, 0.717) is 0 Å². The molecule has 0 bridgehead atoms. The third kappa shape index (κ3) is 1.26. The molecule has 14 heavy (non-hydrogen) atoms. The van der Waals surface area contributed by atoms with Crippen molar-refractivity contribution in [3.05, 3.63) is 35.1 Å². The van der Waals surface area contributed by atoms with E-state index in [0.717, 1.165) is 16.4 Å². The first-order valence-corrected chi connectivity index (χ1v) is 6.23. The zero-order valence-corrected chi connectivity index (χ0v) is 9.47. The minimum absolute atomic E-state index is 0.836. The van der Waals surface area contributed by atoms with Gasteiger partial charge in [-0.05, 0) is 31.1 Å². The number of benzene rings is 1. The number of hydrogen-bond acceptors (Lipinski definition) is 2. The fourth-order valence-electron chi connectivity index (χ4n) is 1.78. The second-order valence-corrected chi connectivity index (χ2v) is 5.91. The van der Waals surface area contributed by atoms with Gasteiger partial charge in [0.05, 0.1) is 0 Å². The Morgan fingerprint density at radius 1 is 1.29 bits per heavy atom.